The van der Waals surface area contributed by atoms with Crippen molar-refractivity contribution in [1.29, 1.82) is 0 Å². The Morgan fingerprint density at radius 3 is 2.50 bits per heavy atom. The van der Waals surface area contributed by atoms with Crippen LogP contribution in [0.2, 0.25) is 0 Å². The van der Waals surface area contributed by atoms with Gasteiger partial charge in [-0.15, -0.1) is 6.58 Å². The molecule has 0 saturated carbocycles. The van der Waals surface area contributed by atoms with E-state index < -0.39 is 0 Å². The first-order valence-corrected chi connectivity index (χ1v) is 3.67. The van der Waals surface area contributed by atoms with Gasteiger partial charge in [-0.1, -0.05) is 19.9 Å². The van der Waals surface area contributed by atoms with Crippen LogP contribution in [-0.2, 0) is 0 Å². The Hall–Kier alpha value is -0.340. The molecule has 2 heteroatoms. The minimum absolute atomic E-state index is 0.200. The quantitative estimate of drug-likeness (QED) is 0.557. The zero-order valence-electron chi connectivity index (χ0n) is 6.80. The second-order valence-electron chi connectivity index (χ2n) is 2.73. The molecule has 2 N–H and O–H groups in total. The van der Waals surface area contributed by atoms with Crippen LogP contribution in [0.15, 0.2) is 12.7 Å². The summed E-state index contributed by atoms with van der Waals surface area (Å²) >= 11 is 0. The number of nitrogens with one attached hydrogen (secondary N) is 1. The first kappa shape index (κ1) is 9.66. The summed E-state index contributed by atoms with van der Waals surface area (Å²) in [6.07, 6.45) is 1.80. The van der Waals surface area contributed by atoms with Crippen molar-refractivity contribution in [2.24, 2.45) is 5.92 Å². The number of rotatable bonds is 5. The molecule has 0 rings (SSSR count). The summed E-state index contributed by atoms with van der Waals surface area (Å²) in [6.45, 7) is 8.71. The highest BCUT2D eigenvalue weighted by molar-refractivity contribution is 4.76. The molecular formula is C8H17NO. The topological polar surface area (TPSA) is 32.3 Å². The van der Waals surface area contributed by atoms with Gasteiger partial charge in [-0.05, 0) is 5.92 Å². The fourth-order valence-electron chi connectivity index (χ4n) is 0.746. The molecule has 0 radical (unpaired) electrons. The zero-order chi connectivity index (χ0) is 7.98. The maximum absolute atomic E-state index is 8.83. The lowest BCUT2D eigenvalue weighted by molar-refractivity contribution is 0.215. The number of aliphatic hydroxyl groups is 1. The highest BCUT2D eigenvalue weighted by Gasteiger charge is 2.08. The van der Waals surface area contributed by atoms with Gasteiger partial charge in [0.05, 0.1) is 6.61 Å². The molecule has 0 aliphatic carbocycles. The van der Waals surface area contributed by atoms with Gasteiger partial charge in [-0.2, -0.15) is 0 Å². The lowest BCUT2D eigenvalue weighted by Crippen LogP contribution is -2.36. The molecular weight excluding hydrogens is 126 g/mol. The van der Waals surface area contributed by atoms with Gasteiger partial charge in [0.15, 0.2) is 0 Å². The van der Waals surface area contributed by atoms with E-state index in [0.29, 0.717) is 5.92 Å². The third-order valence-electron chi connectivity index (χ3n) is 1.53. The summed E-state index contributed by atoms with van der Waals surface area (Å²) in [5.41, 5.74) is 0. The van der Waals surface area contributed by atoms with Crippen LogP contribution in [-0.4, -0.2) is 24.3 Å². The van der Waals surface area contributed by atoms with E-state index in [2.05, 4.69) is 25.7 Å². The molecule has 0 saturated heterocycles. The fraction of sp³-hybridized carbons (Fsp3) is 0.750. The molecule has 0 aromatic carbocycles. The van der Waals surface area contributed by atoms with Crippen molar-refractivity contribution in [3.8, 4) is 0 Å². The molecule has 0 aliphatic heterocycles. The maximum atomic E-state index is 8.83. The summed E-state index contributed by atoms with van der Waals surface area (Å²) in [5, 5.41) is 12.0. The predicted octanol–water partition coefficient (Wildman–Crippen LogP) is 0.779. The van der Waals surface area contributed by atoms with E-state index in [1.54, 1.807) is 6.08 Å². The van der Waals surface area contributed by atoms with Crippen LogP contribution in [0.25, 0.3) is 0 Å². The van der Waals surface area contributed by atoms with Gasteiger partial charge < -0.3 is 10.4 Å². The van der Waals surface area contributed by atoms with Crippen LogP contribution < -0.4 is 5.32 Å². The van der Waals surface area contributed by atoms with Crippen LogP contribution in [0.5, 0.6) is 0 Å². The fourth-order valence-corrected chi connectivity index (χ4v) is 0.746. The highest BCUT2D eigenvalue weighted by Crippen LogP contribution is 1.98. The molecule has 0 aromatic heterocycles. The zero-order valence-corrected chi connectivity index (χ0v) is 6.80. The van der Waals surface area contributed by atoms with E-state index in [-0.39, 0.29) is 12.6 Å². The van der Waals surface area contributed by atoms with Crippen molar-refractivity contribution >= 4 is 0 Å². The SMILES string of the molecule is C=CCN[C@H](CO)C(C)C. The van der Waals surface area contributed by atoms with E-state index in [9.17, 15) is 0 Å². The van der Waals surface area contributed by atoms with Crippen LogP contribution in [0.1, 0.15) is 13.8 Å². The van der Waals surface area contributed by atoms with E-state index in [1.807, 2.05) is 0 Å². The van der Waals surface area contributed by atoms with Crippen LogP contribution >= 0.6 is 0 Å². The summed E-state index contributed by atoms with van der Waals surface area (Å²) in [4.78, 5) is 0. The smallest absolute Gasteiger partial charge is 0.0587 e. The molecule has 10 heavy (non-hydrogen) atoms. The summed E-state index contributed by atoms with van der Waals surface area (Å²) in [6, 6.07) is 0.206. The Bertz CT molecular complexity index is 91.3. The normalized spacial score (nSPS) is 13.6. The van der Waals surface area contributed by atoms with E-state index in [4.69, 9.17) is 5.11 Å². The molecule has 0 fully saturated rings. The molecule has 0 bridgehead atoms. The van der Waals surface area contributed by atoms with Gasteiger partial charge in [-0.25, -0.2) is 0 Å². The predicted molar refractivity (Wildman–Crippen MR) is 43.9 cm³/mol. The molecule has 2 nitrogen and oxygen atoms in total. The Morgan fingerprint density at radius 1 is 1.60 bits per heavy atom. The average molecular weight is 143 g/mol. The molecule has 0 unspecified atom stereocenters. The van der Waals surface area contributed by atoms with Crippen molar-refractivity contribution in [3.63, 3.8) is 0 Å². The Morgan fingerprint density at radius 2 is 2.20 bits per heavy atom. The van der Waals surface area contributed by atoms with E-state index >= 15 is 0 Å². The molecule has 0 spiro atoms. The second-order valence-corrected chi connectivity index (χ2v) is 2.73. The Kier molecular flexibility index (Phi) is 5.26. The van der Waals surface area contributed by atoms with Gasteiger partial charge >= 0.3 is 0 Å². The highest BCUT2D eigenvalue weighted by atomic mass is 16.3. The van der Waals surface area contributed by atoms with E-state index in [0.717, 1.165) is 6.54 Å². The Labute approximate surface area is 62.9 Å². The lowest BCUT2D eigenvalue weighted by atomic mass is 10.1. The van der Waals surface area contributed by atoms with Crippen LogP contribution in [0.4, 0.5) is 0 Å². The summed E-state index contributed by atoms with van der Waals surface area (Å²) < 4.78 is 0. The van der Waals surface area contributed by atoms with Crippen molar-refractivity contribution in [3.05, 3.63) is 12.7 Å². The lowest BCUT2D eigenvalue weighted by Gasteiger charge is -2.18. The van der Waals surface area contributed by atoms with Crippen molar-refractivity contribution in [2.75, 3.05) is 13.2 Å². The van der Waals surface area contributed by atoms with Crippen molar-refractivity contribution in [1.82, 2.24) is 5.32 Å². The van der Waals surface area contributed by atoms with Gasteiger partial charge in [-0.3, -0.25) is 0 Å². The standard InChI is InChI=1S/C8H17NO/c1-4-5-9-8(6-10)7(2)3/h4,7-10H,1,5-6H2,2-3H3/t8-/m1/s1. The maximum Gasteiger partial charge on any atom is 0.0587 e. The summed E-state index contributed by atoms with van der Waals surface area (Å²) in [7, 11) is 0. The Balaban J connectivity index is 3.49. The molecule has 0 aromatic rings. The second kappa shape index (κ2) is 5.45. The number of hydrogen-bond donors (Lipinski definition) is 2. The molecule has 1 atom stereocenters. The molecule has 0 amide bonds. The molecule has 0 aliphatic rings. The third kappa shape index (κ3) is 3.64. The van der Waals surface area contributed by atoms with Gasteiger partial charge in [0, 0.05) is 12.6 Å². The third-order valence-corrected chi connectivity index (χ3v) is 1.53. The van der Waals surface area contributed by atoms with Crippen molar-refractivity contribution < 1.29 is 5.11 Å². The van der Waals surface area contributed by atoms with Crippen LogP contribution in [0, 0.1) is 5.92 Å². The molecule has 0 heterocycles. The average Bonchev–Trinajstić information content (AvgIpc) is 1.89. The first-order valence-electron chi connectivity index (χ1n) is 3.67. The molecule has 60 valence electrons. The van der Waals surface area contributed by atoms with E-state index in [1.165, 1.54) is 0 Å². The largest absolute Gasteiger partial charge is 0.395 e. The summed E-state index contributed by atoms with van der Waals surface area (Å²) in [5.74, 6) is 0.477. The monoisotopic (exact) mass is 143 g/mol. The minimum Gasteiger partial charge on any atom is -0.395 e. The first-order chi connectivity index (χ1) is 4.72. The van der Waals surface area contributed by atoms with Gasteiger partial charge in [0.25, 0.3) is 0 Å². The van der Waals surface area contributed by atoms with Gasteiger partial charge in [0.2, 0.25) is 0 Å². The van der Waals surface area contributed by atoms with Crippen LogP contribution in [0.3, 0.4) is 0 Å². The minimum atomic E-state index is 0.200. The van der Waals surface area contributed by atoms with Gasteiger partial charge in [0.1, 0.15) is 0 Å². The van der Waals surface area contributed by atoms with Crippen molar-refractivity contribution in [2.45, 2.75) is 19.9 Å². The number of hydrogen-bond acceptors (Lipinski definition) is 2. The number of aliphatic hydroxyl groups excluding tert-OH is 1.